The highest BCUT2D eigenvalue weighted by Crippen LogP contribution is 2.44. The molecular formula is C51H53ClN11O6P. The van der Waals surface area contributed by atoms with Crippen molar-refractivity contribution >= 4 is 82.2 Å². The zero-order valence-corrected chi connectivity index (χ0v) is 41.0. The number of ether oxygens (including phenoxy) is 1. The van der Waals surface area contributed by atoms with Gasteiger partial charge in [-0.1, -0.05) is 54.1 Å². The van der Waals surface area contributed by atoms with E-state index in [-0.39, 0.29) is 24.4 Å². The topological polar surface area (TPSA) is 187 Å². The highest BCUT2D eigenvalue weighted by atomic mass is 35.5. The van der Waals surface area contributed by atoms with Gasteiger partial charge in [0, 0.05) is 93.5 Å². The molecule has 1 atom stereocenters. The highest BCUT2D eigenvalue weighted by molar-refractivity contribution is 7.70. The number of halogens is 1. The summed E-state index contributed by atoms with van der Waals surface area (Å²) in [4.78, 5) is 69.5. The number of fused-ring (bicyclic) bond motifs is 1. The summed E-state index contributed by atoms with van der Waals surface area (Å²) in [7, 11) is 0.764. The van der Waals surface area contributed by atoms with Gasteiger partial charge >= 0.3 is 0 Å². The molecule has 6 heterocycles. The third-order valence-corrected chi connectivity index (χ3v) is 15.5. The molecule has 4 aliphatic rings. The van der Waals surface area contributed by atoms with E-state index in [4.69, 9.17) is 21.3 Å². The van der Waals surface area contributed by atoms with E-state index in [0.717, 1.165) is 71.9 Å². The number of carbonyl (C=O) groups excluding carboxylic acids is 4. The molecule has 17 nitrogen and oxygen atoms in total. The molecular weight excluding hydrogens is 929 g/mol. The Morgan fingerprint density at radius 1 is 0.757 bits per heavy atom. The number of carbonyl (C=O) groups is 4. The normalized spacial score (nSPS) is 18.0. The smallest absolute Gasteiger partial charge is 0.264 e. The largest absolute Gasteiger partial charge is 0.497 e. The summed E-state index contributed by atoms with van der Waals surface area (Å²) >= 11 is 6.74. The van der Waals surface area contributed by atoms with Crippen LogP contribution in [0.2, 0.25) is 5.02 Å². The van der Waals surface area contributed by atoms with Crippen LogP contribution in [0.25, 0.3) is 22.3 Å². The molecule has 70 heavy (non-hydrogen) atoms. The van der Waals surface area contributed by atoms with Crippen molar-refractivity contribution in [1.29, 1.82) is 0 Å². The predicted molar refractivity (Wildman–Crippen MR) is 272 cm³/mol. The number of hydrogen-bond donors (Lipinski definition) is 3. The van der Waals surface area contributed by atoms with Crippen LogP contribution in [0.4, 0.5) is 34.5 Å². The van der Waals surface area contributed by atoms with Crippen LogP contribution in [0.5, 0.6) is 5.75 Å². The predicted octanol–water partition coefficient (Wildman–Crippen LogP) is 7.13. The first-order chi connectivity index (χ1) is 33.7. The van der Waals surface area contributed by atoms with Gasteiger partial charge in [0.15, 0.2) is 5.82 Å². The molecule has 2 aromatic heterocycles. The third-order valence-electron chi connectivity index (χ3n) is 13.7. The lowest BCUT2D eigenvalue weighted by Crippen LogP contribution is -2.54. The fourth-order valence-corrected chi connectivity index (χ4v) is 11.4. The second-order valence-electron chi connectivity index (χ2n) is 18.4. The van der Waals surface area contributed by atoms with E-state index in [9.17, 15) is 23.7 Å². The van der Waals surface area contributed by atoms with Gasteiger partial charge in [-0.05, 0) is 68.0 Å². The van der Waals surface area contributed by atoms with E-state index < -0.39 is 36.8 Å². The molecule has 4 aliphatic heterocycles. The van der Waals surface area contributed by atoms with Crippen LogP contribution in [0, 0.1) is 0 Å². The van der Waals surface area contributed by atoms with E-state index in [2.05, 4.69) is 46.8 Å². The van der Waals surface area contributed by atoms with E-state index in [1.807, 2.05) is 80.1 Å². The molecule has 0 aliphatic carbocycles. The summed E-state index contributed by atoms with van der Waals surface area (Å²) < 4.78 is 21.4. The van der Waals surface area contributed by atoms with Crippen molar-refractivity contribution in [1.82, 2.24) is 34.9 Å². The molecule has 3 N–H and O–H groups in total. The number of aryl methyl sites for hydroxylation is 1. The van der Waals surface area contributed by atoms with Crippen LogP contribution in [-0.2, 0) is 21.2 Å². The lowest BCUT2D eigenvalue weighted by Gasteiger charge is -2.44. The minimum absolute atomic E-state index is 0.0698. The average molecular weight is 982 g/mol. The summed E-state index contributed by atoms with van der Waals surface area (Å²) in [5.41, 5.74) is 7.38. The fourth-order valence-electron chi connectivity index (χ4n) is 10.1. The Hall–Kier alpha value is -7.07. The quantitative estimate of drug-likeness (QED) is 0.0830. The number of piperazine rings is 1. The van der Waals surface area contributed by atoms with E-state index in [0.29, 0.717) is 63.7 Å². The van der Waals surface area contributed by atoms with Crippen LogP contribution in [0.3, 0.4) is 0 Å². The molecule has 19 heteroatoms. The number of nitrogens with one attached hydrogen (secondary N) is 3. The van der Waals surface area contributed by atoms with Crippen molar-refractivity contribution in [2.24, 2.45) is 7.05 Å². The molecule has 0 radical (unpaired) electrons. The number of piperidine rings is 2. The highest BCUT2D eigenvalue weighted by Gasteiger charge is 2.46. The van der Waals surface area contributed by atoms with Crippen molar-refractivity contribution in [2.75, 3.05) is 80.1 Å². The van der Waals surface area contributed by atoms with E-state index >= 15 is 0 Å². The van der Waals surface area contributed by atoms with Gasteiger partial charge in [-0.3, -0.25) is 39.0 Å². The van der Waals surface area contributed by atoms with Crippen molar-refractivity contribution in [2.45, 2.75) is 37.8 Å². The number of benzene rings is 4. The zero-order valence-electron chi connectivity index (χ0n) is 39.3. The van der Waals surface area contributed by atoms with Crippen LogP contribution in [0.1, 0.15) is 46.4 Å². The van der Waals surface area contributed by atoms with E-state index in [1.54, 1.807) is 37.3 Å². The molecule has 0 bridgehead atoms. The Labute approximate surface area is 410 Å². The molecule has 6 aromatic rings. The average Bonchev–Trinajstić information content (AvgIpc) is 3.91. The van der Waals surface area contributed by atoms with Gasteiger partial charge < -0.3 is 29.7 Å². The van der Waals surface area contributed by atoms with Crippen LogP contribution >= 0.6 is 18.7 Å². The lowest BCUT2D eigenvalue weighted by atomic mass is 9.99. The number of nitrogens with zero attached hydrogens (tertiary/aromatic N) is 8. The second kappa shape index (κ2) is 19.0. The number of amides is 4. The Kier molecular flexibility index (Phi) is 12.7. The number of hydrogen-bond acceptors (Lipinski definition) is 14. The Morgan fingerprint density at radius 2 is 1.51 bits per heavy atom. The maximum atomic E-state index is 13.9. The molecule has 1 unspecified atom stereocenters. The third kappa shape index (κ3) is 9.12. The summed E-state index contributed by atoms with van der Waals surface area (Å²) in [5.74, 6) is -0.740. The Bertz CT molecular complexity index is 3090. The molecule has 0 saturated carbocycles. The number of aromatic nitrogens is 4. The number of rotatable bonds is 12. The molecule has 4 aromatic carbocycles. The minimum atomic E-state index is -2.76. The summed E-state index contributed by atoms with van der Waals surface area (Å²) in [6.07, 6.45) is 7.26. The molecule has 3 saturated heterocycles. The maximum absolute atomic E-state index is 13.9. The van der Waals surface area contributed by atoms with Gasteiger partial charge in [0.2, 0.25) is 17.8 Å². The molecule has 3 fully saturated rings. The molecule has 0 spiro atoms. The molecule has 4 amide bonds. The van der Waals surface area contributed by atoms with Crippen molar-refractivity contribution in [3.63, 3.8) is 0 Å². The number of imide groups is 2. The number of anilines is 6. The maximum Gasteiger partial charge on any atom is 0.264 e. The van der Waals surface area contributed by atoms with Crippen molar-refractivity contribution in [3.05, 3.63) is 114 Å². The van der Waals surface area contributed by atoms with Crippen LogP contribution < -0.4 is 35.8 Å². The zero-order chi connectivity index (χ0) is 48.8. The first-order valence-corrected chi connectivity index (χ1v) is 26.3. The molecule has 10 rings (SSSR count). The summed E-state index contributed by atoms with van der Waals surface area (Å²) in [6, 6.07) is 24.4. The minimum Gasteiger partial charge on any atom is -0.497 e. The standard InChI is InChI=1S/C51H53ClN11O6P/c1-59-30-33(28-54-59)45-39(56-51-53-29-37(52)47(58-51)55-38-14-13-32(25-43(38)70(3,4)68)31-9-6-5-7-10-31)26-35(69-2)27-42(45)62-23-21-60(22-24-62)34-17-19-61(20-18-34)40-12-8-11-36-46(40)50(67)63(49(36)66)41-15-16-44(64)57-48(41)65/h5-14,25-30,34,41H,15-24H2,1-4H3,(H,57,64,65)(H2,53,55,56,58). The Morgan fingerprint density at radius 3 is 2.21 bits per heavy atom. The summed E-state index contributed by atoms with van der Waals surface area (Å²) in [5, 5.41) is 14.6. The SMILES string of the molecule is COc1cc(Nc2ncc(Cl)c(Nc3ccc(-c4ccccc4)cc3P(C)(C)=O)n2)c(-c2cnn(C)c2)c(N2CCN(C3CCN(c4cccc5c4C(=O)N(C4CCC(=O)NC4=O)C5=O)CC3)CC2)c1. The van der Waals surface area contributed by atoms with Gasteiger partial charge in [0.05, 0.1) is 53.4 Å². The van der Waals surface area contributed by atoms with Crippen LogP contribution in [-0.4, -0.2) is 125 Å². The van der Waals surface area contributed by atoms with Crippen LogP contribution in [0.15, 0.2) is 97.5 Å². The van der Waals surface area contributed by atoms with Crippen molar-refractivity contribution in [3.8, 4) is 28.0 Å². The van der Waals surface area contributed by atoms with Gasteiger partial charge in [-0.15, -0.1) is 0 Å². The second-order valence-corrected chi connectivity index (χ2v) is 22.0. The molecule has 360 valence electrons. The van der Waals surface area contributed by atoms with E-state index in [1.165, 1.54) is 6.20 Å². The fraction of sp³-hybridized carbons (Fsp3) is 0.314. The monoisotopic (exact) mass is 981 g/mol. The van der Waals surface area contributed by atoms with Gasteiger partial charge in [-0.2, -0.15) is 10.1 Å². The number of methoxy groups -OCH3 is 1. The first-order valence-electron chi connectivity index (χ1n) is 23.3. The van der Waals surface area contributed by atoms with Gasteiger partial charge in [0.1, 0.15) is 24.0 Å². The Balaban J connectivity index is 0.854. The summed E-state index contributed by atoms with van der Waals surface area (Å²) in [6.45, 7) is 8.01. The lowest BCUT2D eigenvalue weighted by molar-refractivity contribution is -0.136. The van der Waals surface area contributed by atoms with Gasteiger partial charge in [0.25, 0.3) is 11.8 Å². The van der Waals surface area contributed by atoms with Gasteiger partial charge in [-0.25, -0.2) is 4.98 Å². The van der Waals surface area contributed by atoms with Crippen molar-refractivity contribution < 1.29 is 28.5 Å². The first kappa shape index (κ1) is 46.6.